The predicted molar refractivity (Wildman–Crippen MR) is 16.8 cm³/mol. The van der Waals surface area contributed by atoms with E-state index in [0.29, 0.717) is 0 Å². The summed E-state index contributed by atoms with van der Waals surface area (Å²) in [5.41, 5.74) is 0. The maximum absolute atomic E-state index is 0. The van der Waals surface area contributed by atoms with E-state index >= 15 is 0 Å². The zero-order chi connectivity index (χ0) is 0. The van der Waals surface area contributed by atoms with Crippen molar-refractivity contribution >= 4 is 0 Å². The van der Waals surface area contributed by atoms with Gasteiger partial charge >= 0.3 is 0 Å². The SMILES string of the molecule is O.O.O.[NH4+].[V]. The van der Waals surface area contributed by atoms with Gasteiger partial charge in [-0.1, -0.05) is 0 Å². The van der Waals surface area contributed by atoms with Crippen molar-refractivity contribution in [2.75, 3.05) is 0 Å². The van der Waals surface area contributed by atoms with Crippen LogP contribution in [0.2, 0.25) is 0 Å². The van der Waals surface area contributed by atoms with Crippen molar-refractivity contribution in [2.45, 2.75) is 0 Å². The van der Waals surface area contributed by atoms with Crippen molar-refractivity contribution in [3.8, 4) is 0 Å². The van der Waals surface area contributed by atoms with Crippen molar-refractivity contribution < 1.29 is 35.0 Å². The maximum Gasteiger partial charge on any atom is 0 e. The van der Waals surface area contributed by atoms with E-state index in [1.807, 2.05) is 0 Å². The third-order valence-electron chi connectivity index (χ3n) is 0. The van der Waals surface area contributed by atoms with Crippen molar-refractivity contribution in [1.82, 2.24) is 6.15 Å². The summed E-state index contributed by atoms with van der Waals surface area (Å²) in [6.07, 6.45) is 0. The standard InChI is InChI=1S/H3N.3H2O.V/h1H3;3*1H2;/p+1. The summed E-state index contributed by atoms with van der Waals surface area (Å²) in [4.78, 5) is 0. The van der Waals surface area contributed by atoms with Crippen molar-refractivity contribution in [3.05, 3.63) is 0 Å². The Labute approximate surface area is 42.0 Å². The molecule has 0 spiro atoms. The fourth-order valence-electron chi connectivity index (χ4n) is 0. The molecule has 0 aromatic heterocycles. The van der Waals surface area contributed by atoms with Gasteiger partial charge in [0.25, 0.3) is 0 Å². The summed E-state index contributed by atoms with van der Waals surface area (Å²) >= 11 is 0. The second kappa shape index (κ2) is 288. The van der Waals surface area contributed by atoms with E-state index in [4.69, 9.17) is 0 Å². The van der Waals surface area contributed by atoms with Crippen LogP contribution in [0.1, 0.15) is 0 Å². The van der Waals surface area contributed by atoms with E-state index in [1.165, 1.54) is 0 Å². The summed E-state index contributed by atoms with van der Waals surface area (Å²) in [7, 11) is 0. The first-order valence-electron chi connectivity index (χ1n) is 0. The van der Waals surface area contributed by atoms with Gasteiger partial charge in [-0.3, -0.25) is 0 Å². The Kier molecular flexibility index (Phi) is 34000. The second-order valence-electron chi connectivity index (χ2n) is 0. The molecule has 10 N–H and O–H groups in total. The summed E-state index contributed by atoms with van der Waals surface area (Å²) < 4.78 is 0. The van der Waals surface area contributed by atoms with E-state index in [2.05, 4.69) is 0 Å². The normalized spacial score (nSPS) is 0. The molecule has 0 saturated carbocycles. The van der Waals surface area contributed by atoms with Gasteiger partial charge in [0.1, 0.15) is 0 Å². The van der Waals surface area contributed by atoms with Gasteiger partial charge in [0.05, 0.1) is 0 Å². The van der Waals surface area contributed by atoms with E-state index < -0.39 is 0 Å². The monoisotopic (exact) mass is 123 g/mol. The van der Waals surface area contributed by atoms with E-state index in [1.54, 1.807) is 0 Å². The topological polar surface area (TPSA) is 131 Å². The molecular weight excluding hydrogens is 113 g/mol. The van der Waals surface area contributed by atoms with Gasteiger partial charge in [0.15, 0.2) is 0 Å². The minimum Gasteiger partial charge on any atom is -0.412 e. The van der Waals surface area contributed by atoms with Crippen LogP contribution in [0.25, 0.3) is 0 Å². The van der Waals surface area contributed by atoms with Gasteiger partial charge in [-0.05, 0) is 0 Å². The van der Waals surface area contributed by atoms with Crippen LogP contribution in [-0.4, -0.2) is 16.4 Å². The summed E-state index contributed by atoms with van der Waals surface area (Å²) in [6, 6.07) is 0. The van der Waals surface area contributed by atoms with Gasteiger partial charge in [-0.25, -0.2) is 0 Å². The second-order valence-corrected chi connectivity index (χ2v) is 0. The Balaban J connectivity index is 0. The van der Waals surface area contributed by atoms with Crippen LogP contribution in [0.5, 0.6) is 0 Å². The minimum absolute atomic E-state index is 0. The molecule has 0 aromatic rings. The third-order valence-corrected chi connectivity index (χ3v) is 0. The van der Waals surface area contributed by atoms with Crippen LogP contribution >= 0.6 is 0 Å². The first-order valence-corrected chi connectivity index (χ1v) is 0. The molecule has 0 saturated heterocycles. The van der Waals surface area contributed by atoms with Crippen molar-refractivity contribution in [2.24, 2.45) is 0 Å². The average molecular weight is 123 g/mol. The van der Waals surface area contributed by atoms with E-state index in [0.717, 1.165) is 0 Å². The molecule has 1 radical (unpaired) electrons. The summed E-state index contributed by atoms with van der Waals surface area (Å²) in [5.74, 6) is 0. The smallest absolute Gasteiger partial charge is 0 e. The van der Waals surface area contributed by atoms with Gasteiger partial charge in [0, 0.05) is 18.6 Å². The average Bonchev–Trinajstić information content (AvgIpc) is 0. The van der Waals surface area contributed by atoms with Crippen molar-refractivity contribution in [3.63, 3.8) is 0 Å². The molecule has 0 amide bonds. The Morgan fingerprint density at radius 1 is 0.600 bits per heavy atom. The molecule has 5 heteroatoms. The largest absolute Gasteiger partial charge is 0.412 e. The fraction of sp³-hybridized carbons (Fsp3) is 0. The Morgan fingerprint density at radius 2 is 0.600 bits per heavy atom. The maximum atomic E-state index is 0. The number of quaternary nitrogens is 1. The van der Waals surface area contributed by atoms with E-state index in [-0.39, 0.29) is 41.1 Å². The molecule has 0 bridgehead atoms. The zero-order valence-corrected chi connectivity index (χ0v) is 4.34. The molecule has 37 valence electrons. The Morgan fingerprint density at radius 3 is 0.600 bits per heavy atom. The summed E-state index contributed by atoms with van der Waals surface area (Å²) in [6.45, 7) is 0. The molecule has 5 heavy (non-hydrogen) atoms. The first kappa shape index (κ1) is 589. The van der Waals surface area contributed by atoms with Crippen molar-refractivity contribution in [1.29, 1.82) is 0 Å². The molecule has 4 nitrogen and oxygen atoms in total. The fourth-order valence-corrected chi connectivity index (χ4v) is 0. The molecule has 0 aliphatic carbocycles. The van der Waals surface area contributed by atoms with Crippen LogP contribution in [0.15, 0.2) is 0 Å². The molecule has 0 rings (SSSR count). The minimum atomic E-state index is 0. The van der Waals surface area contributed by atoms with Crippen LogP contribution < -0.4 is 6.15 Å². The third kappa shape index (κ3) is 144. The number of hydrogen-bond acceptors (Lipinski definition) is 0. The molecule has 0 heterocycles. The molecular formula is H10NO3V+. The predicted octanol–water partition coefficient (Wildman–Crippen LogP) is -2.10. The van der Waals surface area contributed by atoms with Gasteiger partial charge in [-0.2, -0.15) is 0 Å². The molecule has 0 aliphatic heterocycles. The number of hydrogen-bond donors (Lipinski definition) is 1. The van der Waals surface area contributed by atoms with Crippen LogP contribution in [0.3, 0.4) is 0 Å². The van der Waals surface area contributed by atoms with Gasteiger partial charge in [0.2, 0.25) is 0 Å². The molecule has 0 unspecified atom stereocenters. The molecule has 0 aliphatic rings. The number of rotatable bonds is 0. The van der Waals surface area contributed by atoms with Gasteiger partial charge < -0.3 is 22.6 Å². The molecule has 0 aromatic carbocycles. The summed E-state index contributed by atoms with van der Waals surface area (Å²) in [5, 5.41) is 0. The molecule has 0 fully saturated rings. The van der Waals surface area contributed by atoms with Crippen LogP contribution in [0.4, 0.5) is 0 Å². The Bertz CT molecular complexity index is 6.85. The zero-order valence-electron chi connectivity index (χ0n) is 2.95. The van der Waals surface area contributed by atoms with Gasteiger partial charge in [-0.15, -0.1) is 0 Å². The first-order chi connectivity index (χ1) is 0. The quantitative estimate of drug-likeness (QED) is 0.378. The Hall–Kier alpha value is 0.424. The van der Waals surface area contributed by atoms with E-state index in [9.17, 15) is 0 Å². The molecule has 0 atom stereocenters. The van der Waals surface area contributed by atoms with Crippen LogP contribution in [-0.2, 0) is 18.6 Å². The van der Waals surface area contributed by atoms with Crippen LogP contribution in [0, 0.1) is 0 Å².